The van der Waals surface area contributed by atoms with E-state index in [1.54, 1.807) is 30.5 Å². The van der Waals surface area contributed by atoms with E-state index >= 15 is 0 Å². The van der Waals surface area contributed by atoms with Crippen LogP contribution in [0, 0.1) is 0 Å². The average Bonchev–Trinajstić information content (AvgIpc) is 2.39. The highest BCUT2D eigenvalue weighted by atomic mass is 32.2. The summed E-state index contributed by atoms with van der Waals surface area (Å²) in [5, 5.41) is 8.51. The van der Waals surface area contributed by atoms with Crippen LogP contribution >= 0.6 is 11.8 Å². The minimum absolute atomic E-state index is 0.130. The van der Waals surface area contributed by atoms with Gasteiger partial charge in [0.1, 0.15) is 6.04 Å². The Bertz CT molecular complexity index is 484. The molecule has 0 fully saturated rings. The van der Waals surface area contributed by atoms with Gasteiger partial charge in [-0.25, -0.2) is 0 Å². The van der Waals surface area contributed by atoms with Crippen molar-refractivity contribution in [3.8, 4) is 0 Å². The maximum Gasteiger partial charge on any atom is 0.320 e. The standard InChI is InChI=1S/C13H15NO4S/c1-19-12(16)7-11(15)9-4-2-8(3-5-9)6-10(14)13(17)18/h2-5,10H,6-7,14H2,1H3,(H,17,18). The first-order valence-corrected chi connectivity index (χ1v) is 6.84. The smallest absolute Gasteiger partial charge is 0.320 e. The maximum absolute atomic E-state index is 11.7. The molecule has 0 saturated heterocycles. The van der Waals surface area contributed by atoms with Crippen molar-refractivity contribution in [2.75, 3.05) is 6.26 Å². The van der Waals surface area contributed by atoms with Crippen molar-refractivity contribution in [3.63, 3.8) is 0 Å². The summed E-state index contributed by atoms with van der Waals surface area (Å²) in [5.74, 6) is -1.31. The second kappa shape index (κ2) is 7.06. The van der Waals surface area contributed by atoms with Gasteiger partial charge in [-0.2, -0.15) is 0 Å². The molecule has 3 N–H and O–H groups in total. The number of hydrogen-bond donors (Lipinski definition) is 2. The Morgan fingerprint density at radius 1 is 1.26 bits per heavy atom. The van der Waals surface area contributed by atoms with Gasteiger partial charge >= 0.3 is 5.97 Å². The highest BCUT2D eigenvalue weighted by molar-refractivity contribution is 8.13. The summed E-state index contributed by atoms with van der Waals surface area (Å²) in [6.45, 7) is 0. The van der Waals surface area contributed by atoms with E-state index in [1.165, 1.54) is 0 Å². The second-order valence-corrected chi connectivity index (χ2v) is 4.89. The van der Waals surface area contributed by atoms with Crippen LogP contribution < -0.4 is 5.73 Å². The molecule has 6 heteroatoms. The molecule has 0 aromatic heterocycles. The van der Waals surface area contributed by atoms with Crippen LogP contribution in [0.25, 0.3) is 0 Å². The van der Waals surface area contributed by atoms with Crippen LogP contribution in [0.4, 0.5) is 0 Å². The number of Topliss-reactive ketones (excluding diaryl/α,β-unsaturated/α-hetero) is 1. The van der Waals surface area contributed by atoms with E-state index < -0.39 is 12.0 Å². The molecule has 0 aliphatic rings. The Hall–Kier alpha value is -1.66. The lowest BCUT2D eigenvalue weighted by Crippen LogP contribution is -2.32. The Balaban J connectivity index is 2.68. The predicted octanol–water partition coefficient (Wildman–Crippen LogP) is 1.10. The first-order chi connectivity index (χ1) is 8.93. The lowest BCUT2D eigenvalue weighted by atomic mass is 10.0. The molecule has 0 radical (unpaired) electrons. The monoisotopic (exact) mass is 281 g/mol. The molecular weight excluding hydrogens is 266 g/mol. The highest BCUT2D eigenvalue weighted by Crippen LogP contribution is 2.11. The number of hydrogen-bond acceptors (Lipinski definition) is 5. The molecule has 1 unspecified atom stereocenters. The fourth-order valence-corrected chi connectivity index (χ4v) is 1.75. The number of ketones is 1. The zero-order valence-electron chi connectivity index (χ0n) is 10.5. The molecule has 0 amide bonds. The zero-order chi connectivity index (χ0) is 14.4. The number of aliphatic carboxylic acids is 1. The van der Waals surface area contributed by atoms with Gasteiger partial charge in [-0.15, -0.1) is 0 Å². The first-order valence-electron chi connectivity index (χ1n) is 5.61. The minimum atomic E-state index is -1.06. The Kier molecular flexibility index (Phi) is 5.72. The number of rotatable bonds is 6. The van der Waals surface area contributed by atoms with Crippen LogP contribution in [0.3, 0.4) is 0 Å². The SMILES string of the molecule is CSC(=O)CC(=O)c1ccc(CC(N)C(=O)O)cc1. The van der Waals surface area contributed by atoms with E-state index in [1.807, 2.05) is 0 Å². The third-order valence-electron chi connectivity index (χ3n) is 2.58. The molecule has 1 rings (SSSR count). The van der Waals surface area contributed by atoms with E-state index in [-0.39, 0.29) is 23.7 Å². The number of carboxylic acids is 1. The molecule has 0 saturated carbocycles. The molecule has 0 heterocycles. The van der Waals surface area contributed by atoms with Crippen molar-refractivity contribution in [1.29, 1.82) is 0 Å². The molecule has 1 aromatic carbocycles. The number of carbonyl (C=O) groups excluding carboxylic acids is 2. The van der Waals surface area contributed by atoms with Gasteiger partial charge in [0.05, 0.1) is 6.42 Å². The van der Waals surface area contributed by atoms with Crippen LogP contribution in [0.5, 0.6) is 0 Å². The van der Waals surface area contributed by atoms with Crippen molar-refractivity contribution >= 4 is 28.6 Å². The fourth-order valence-electron chi connectivity index (χ4n) is 1.47. The van der Waals surface area contributed by atoms with E-state index in [2.05, 4.69) is 0 Å². The lowest BCUT2D eigenvalue weighted by molar-refractivity contribution is -0.138. The number of thioether (sulfide) groups is 1. The van der Waals surface area contributed by atoms with Crippen LogP contribution in [-0.4, -0.2) is 34.3 Å². The molecule has 102 valence electrons. The van der Waals surface area contributed by atoms with E-state index in [0.717, 1.165) is 17.3 Å². The summed E-state index contributed by atoms with van der Waals surface area (Å²) >= 11 is 1.02. The van der Waals surface area contributed by atoms with Crippen molar-refractivity contribution < 1.29 is 19.5 Å². The molecule has 5 nitrogen and oxygen atoms in total. The average molecular weight is 281 g/mol. The largest absolute Gasteiger partial charge is 0.480 e. The van der Waals surface area contributed by atoms with Crippen molar-refractivity contribution in [3.05, 3.63) is 35.4 Å². The number of carboxylic acid groups (broad SMARTS) is 1. The van der Waals surface area contributed by atoms with Gasteiger partial charge in [-0.05, 0) is 18.2 Å². The number of carbonyl (C=O) groups is 3. The lowest BCUT2D eigenvalue weighted by Gasteiger charge is -2.07. The summed E-state index contributed by atoms with van der Waals surface area (Å²) in [6, 6.07) is 5.51. The van der Waals surface area contributed by atoms with Crippen LogP contribution in [0.15, 0.2) is 24.3 Å². The van der Waals surface area contributed by atoms with Gasteiger partial charge < -0.3 is 10.8 Å². The topological polar surface area (TPSA) is 97.5 Å². The Morgan fingerprint density at radius 3 is 2.32 bits per heavy atom. The quantitative estimate of drug-likeness (QED) is 0.598. The van der Waals surface area contributed by atoms with Gasteiger partial charge in [-0.1, -0.05) is 36.0 Å². The first kappa shape index (κ1) is 15.4. The van der Waals surface area contributed by atoms with Crippen LogP contribution in [-0.2, 0) is 16.0 Å². The summed E-state index contributed by atoms with van der Waals surface area (Å²) < 4.78 is 0. The van der Waals surface area contributed by atoms with Gasteiger partial charge in [0.15, 0.2) is 10.9 Å². The number of nitrogens with two attached hydrogens (primary N) is 1. The predicted molar refractivity (Wildman–Crippen MR) is 73.2 cm³/mol. The molecule has 0 aliphatic heterocycles. The summed E-state index contributed by atoms with van der Waals surface area (Å²) in [4.78, 5) is 33.5. The molecule has 0 spiro atoms. The van der Waals surface area contributed by atoms with Crippen molar-refractivity contribution in [2.24, 2.45) is 5.73 Å². The molecule has 0 aliphatic carbocycles. The molecular formula is C13H15NO4S. The van der Waals surface area contributed by atoms with Gasteiger partial charge in [-0.3, -0.25) is 14.4 Å². The van der Waals surface area contributed by atoms with E-state index in [9.17, 15) is 14.4 Å². The zero-order valence-corrected chi connectivity index (χ0v) is 11.3. The van der Waals surface area contributed by atoms with Crippen molar-refractivity contribution in [2.45, 2.75) is 18.9 Å². The van der Waals surface area contributed by atoms with E-state index in [0.29, 0.717) is 5.56 Å². The summed E-state index contributed by atoms with van der Waals surface area (Å²) in [5.41, 5.74) is 6.59. The molecule has 1 aromatic rings. The van der Waals surface area contributed by atoms with Gasteiger partial charge in [0.2, 0.25) is 0 Å². The van der Waals surface area contributed by atoms with Gasteiger partial charge in [0.25, 0.3) is 0 Å². The summed E-state index contributed by atoms with van der Waals surface area (Å²) in [7, 11) is 0. The Morgan fingerprint density at radius 2 is 1.84 bits per heavy atom. The third kappa shape index (κ3) is 4.84. The van der Waals surface area contributed by atoms with Crippen molar-refractivity contribution in [1.82, 2.24) is 0 Å². The van der Waals surface area contributed by atoms with Crippen LogP contribution in [0.1, 0.15) is 22.3 Å². The maximum atomic E-state index is 11.7. The minimum Gasteiger partial charge on any atom is -0.480 e. The normalized spacial score (nSPS) is 11.9. The second-order valence-electron chi connectivity index (χ2n) is 4.02. The highest BCUT2D eigenvalue weighted by Gasteiger charge is 2.14. The molecule has 1 atom stereocenters. The van der Waals surface area contributed by atoms with Gasteiger partial charge in [0, 0.05) is 5.56 Å². The number of benzene rings is 1. The van der Waals surface area contributed by atoms with Crippen LogP contribution in [0.2, 0.25) is 0 Å². The molecule has 0 bridgehead atoms. The van der Waals surface area contributed by atoms with E-state index in [4.69, 9.17) is 10.8 Å². The Labute approximate surface area is 115 Å². The summed E-state index contributed by atoms with van der Waals surface area (Å²) in [6.07, 6.45) is 1.70. The third-order valence-corrected chi connectivity index (χ3v) is 3.18. The molecule has 19 heavy (non-hydrogen) atoms. The fraction of sp³-hybridized carbons (Fsp3) is 0.308.